The number of H-pyrrole nitrogens is 3. The van der Waals surface area contributed by atoms with Gasteiger partial charge in [-0.15, -0.1) is 9.42 Å². The molecule has 9 rings (SSSR count). The topological polar surface area (TPSA) is 552 Å². The van der Waals surface area contributed by atoms with Gasteiger partial charge in [0.25, 0.3) is 16.7 Å². The number of aromatic nitrogens is 10. The number of ether oxygens (including phenoxy) is 4. The van der Waals surface area contributed by atoms with E-state index in [2.05, 4.69) is 24.9 Å². The van der Waals surface area contributed by atoms with Crippen LogP contribution in [0.25, 0.3) is 11.2 Å². The Kier molecular flexibility index (Phi) is 19.2. The first-order valence-electron chi connectivity index (χ1n) is 24.8. The number of nitrogen functional groups attached to an aromatic ring is 1. The molecule has 40 nitrogen and oxygen atoms in total. The minimum absolute atomic E-state index is 0.00355. The van der Waals surface area contributed by atoms with Gasteiger partial charge in [-0.25, -0.2) is 47.6 Å². The summed E-state index contributed by atoms with van der Waals surface area (Å²) in [5.74, 6) is 0.0162. The molecule has 4 aliphatic heterocycles. The van der Waals surface area contributed by atoms with E-state index in [1.54, 1.807) is 0 Å². The smallest absolute Gasteiger partial charge is 0.382 e. The summed E-state index contributed by atoms with van der Waals surface area (Å²) in [4.78, 5) is 156. The fourth-order valence-corrected chi connectivity index (χ4v) is 13.2. The number of aryl methyl sites for hydroxylation is 3. The van der Waals surface area contributed by atoms with Crippen molar-refractivity contribution in [3.05, 3.63) is 110 Å². The molecule has 5 aromatic rings. The van der Waals surface area contributed by atoms with Gasteiger partial charge in [0.05, 0.1) is 26.1 Å². The summed E-state index contributed by atoms with van der Waals surface area (Å²) in [5.41, 5.74) is 0.943. The van der Waals surface area contributed by atoms with Gasteiger partial charge < -0.3 is 49.1 Å². The van der Waals surface area contributed by atoms with E-state index in [-0.39, 0.29) is 40.1 Å². The van der Waals surface area contributed by atoms with Gasteiger partial charge in [0, 0.05) is 65.5 Å². The van der Waals surface area contributed by atoms with Gasteiger partial charge in [0.15, 0.2) is 11.5 Å². The first-order valence-corrected chi connectivity index (χ1v) is 32.0. The molecular formula is C40H53N11O29P5+. The lowest BCUT2D eigenvalue weighted by Gasteiger charge is -2.25. The first-order chi connectivity index (χ1) is 39.8. The highest BCUT2D eigenvalue weighted by atomic mass is 31.2. The summed E-state index contributed by atoms with van der Waals surface area (Å²) < 4.78 is 134. The Morgan fingerprint density at radius 2 is 0.894 bits per heavy atom. The van der Waals surface area contributed by atoms with Crippen molar-refractivity contribution < 1.29 is 107 Å². The van der Waals surface area contributed by atoms with E-state index >= 15 is 0 Å². The molecule has 4 unspecified atom stereocenters. The molecule has 9 heterocycles. The van der Waals surface area contributed by atoms with E-state index in [4.69, 9.17) is 60.9 Å². The van der Waals surface area contributed by atoms with Crippen LogP contribution in [0.1, 0.15) is 67.3 Å². The molecule has 0 aromatic carbocycles. The second-order valence-electron chi connectivity index (χ2n) is 19.4. The number of hydrogen-bond acceptors (Lipinski definition) is 27. The zero-order valence-corrected chi connectivity index (χ0v) is 48.5. The van der Waals surface area contributed by atoms with Crippen molar-refractivity contribution >= 4 is 56.5 Å². The number of nitrogens with one attached hydrogen (secondary N) is 3. The second-order valence-corrected chi connectivity index (χ2v) is 25.5. The number of fused-ring (bicyclic) bond motifs is 1. The number of anilines is 1. The highest BCUT2D eigenvalue weighted by molar-refractivity contribution is 7.48. The van der Waals surface area contributed by atoms with E-state index in [1.165, 1.54) is 31.7 Å². The van der Waals surface area contributed by atoms with Crippen LogP contribution in [-0.4, -0.2) is 153 Å². The maximum absolute atomic E-state index is 14.0. The third-order valence-electron chi connectivity index (χ3n) is 13.4. The van der Waals surface area contributed by atoms with Crippen LogP contribution in [0.3, 0.4) is 0 Å². The lowest BCUT2D eigenvalue weighted by molar-refractivity contribution is -0.0632. The van der Waals surface area contributed by atoms with Crippen molar-refractivity contribution in [1.82, 2.24) is 48.2 Å². The Bertz CT molecular complexity index is 3920. The maximum atomic E-state index is 14.0. The highest BCUT2D eigenvalue weighted by Crippen LogP contribution is 2.54. The van der Waals surface area contributed by atoms with Gasteiger partial charge in [-0.3, -0.25) is 79.3 Å². The number of phosphoric ester groups is 4. The van der Waals surface area contributed by atoms with Gasteiger partial charge >= 0.3 is 56.6 Å². The molecule has 0 amide bonds. The van der Waals surface area contributed by atoms with Crippen molar-refractivity contribution in [3.8, 4) is 0 Å². The van der Waals surface area contributed by atoms with E-state index in [1.807, 2.05) is 4.98 Å². The third-order valence-corrected chi connectivity index (χ3v) is 17.4. The molecule has 0 bridgehead atoms. The molecule has 0 spiro atoms. The third kappa shape index (κ3) is 15.5. The fraction of sp³-hybridized carbons (Fsp3) is 0.575. The molecule has 85 heavy (non-hydrogen) atoms. The lowest BCUT2D eigenvalue weighted by Crippen LogP contribution is -2.33. The van der Waals surface area contributed by atoms with Crippen molar-refractivity contribution in [1.29, 1.82) is 0 Å². The molecule has 45 heteroatoms. The number of aromatic amines is 3. The first kappa shape index (κ1) is 64.2. The SMILES string of the molecule is Cc1cn([C@H]2C[C@H](OP(=O)(O)O)[C@@H](COP(=O)(O)O[C@H]3C[C@H](n4cc(C)c(=O)[nH]c4=O)O[C@@H]3COP(=O)(O)O[C@H]3C[C@H](n4cc(C)c(=O)[nH]c4=O)O[C@@H]3COP(=O)(O)O[C@H]3C[C@H](n4cnc5c(N)ncnc54)O[C@@H]3CO[P+](=O)O)O2)c(=O)[nH]c1=O. The maximum Gasteiger partial charge on any atom is 0.694 e. The lowest BCUT2D eigenvalue weighted by atomic mass is 10.2. The molecule has 0 saturated carbocycles. The molecule has 16 atom stereocenters. The average molecular weight is 1310 g/mol. The van der Waals surface area contributed by atoms with Crippen molar-refractivity contribution in [2.24, 2.45) is 0 Å². The predicted molar refractivity (Wildman–Crippen MR) is 277 cm³/mol. The molecule has 11 N–H and O–H groups in total. The number of nitrogens with zero attached hydrogens (tertiary/aromatic N) is 7. The Morgan fingerprint density at radius 3 is 1.25 bits per heavy atom. The molecule has 0 aliphatic carbocycles. The van der Waals surface area contributed by atoms with Gasteiger partial charge in [-0.2, -0.15) is 0 Å². The van der Waals surface area contributed by atoms with E-state index in [9.17, 15) is 81.0 Å². The highest BCUT2D eigenvalue weighted by Gasteiger charge is 2.49. The van der Waals surface area contributed by atoms with Crippen LogP contribution < -0.4 is 39.5 Å². The van der Waals surface area contributed by atoms with Crippen LogP contribution >= 0.6 is 39.5 Å². The van der Waals surface area contributed by atoms with Gasteiger partial charge in [0.2, 0.25) is 0 Å². The van der Waals surface area contributed by atoms with Crippen molar-refractivity contribution in [2.45, 2.75) is 120 Å². The summed E-state index contributed by atoms with van der Waals surface area (Å²) in [5, 5.41) is 0. The molecule has 4 saturated heterocycles. The summed E-state index contributed by atoms with van der Waals surface area (Å²) in [6, 6.07) is 0. The number of phosphoric acid groups is 4. The van der Waals surface area contributed by atoms with Crippen LogP contribution in [0, 0.1) is 20.8 Å². The Labute approximate surface area is 473 Å². The van der Waals surface area contributed by atoms with Crippen LogP contribution in [0.15, 0.2) is 60.0 Å². The fourth-order valence-electron chi connectivity index (χ4n) is 9.43. The molecule has 5 aromatic heterocycles. The Hall–Kier alpha value is -5.31. The molecule has 0 radical (unpaired) electrons. The van der Waals surface area contributed by atoms with Gasteiger partial charge in [0.1, 0.15) is 92.2 Å². The van der Waals surface area contributed by atoms with Crippen LogP contribution in [0.2, 0.25) is 0 Å². The van der Waals surface area contributed by atoms with Crippen molar-refractivity contribution in [2.75, 3.05) is 32.2 Å². The summed E-state index contributed by atoms with van der Waals surface area (Å²) in [7, 11) is -24.8. The normalized spacial score (nSPS) is 28.6. The number of nitrogens with two attached hydrogens (primary N) is 1. The summed E-state index contributed by atoms with van der Waals surface area (Å²) in [6.45, 7) is 0.202. The van der Waals surface area contributed by atoms with Gasteiger partial charge in [-0.1, -0.05) is 0 Å². The molecule has 4 fully saturated rings. The zero-order valence-electron chi connectivity index (χ0n) is 44.0. The minimum atomic E-state index is -5.52. The van der Waals surface area contributed by atoms with Crippen LogP contribution in [-0.2, 0) is 78.0 Å². The standard InChI is InChI=1S/C40H52N11O29P5/c1-17-8-48(38(55)45-35(17)52)28-4-20(77-82(60,61)62)25(74-28)12-70-84(65,66)79-22-5-29(49-9-18(2)36(53)46-39(49)56)76-27(22)14-72-85(67,68)80-23-6-30(50-10-19(3)37(54)47-40(50)57)75-26(23)13-71-83(63,64)78-21-7-31(73-24(21)11-69-81(58)59)51-16-44-32-33(41)42-15-43-34(32)51/h8-10,15-16,20-31H,4-7,11-14H2,1-3H3,(H10-,41,42,43,45,46,47,52,53,54,55,56,57,58,59,60,61,62,63,64,65,66,67,68)/p+1/t20-,21-,22-,23-,24+,25+,26+,27+,28+,29+,30+,31+/m0/s1. The largest absolute Gasteiger partial charge is 0.694 e. The quantitative estimate of drug-likeness (QED) is 0.0324. The number of hydrogen-bond donors (Lipinski definition) is 10. The van der Waals surface area contributed by atoms with Crippen molar-refractivity contribution in [3.63, 3.8) is 0 Å². The number of rotatable bonds is 24. The zero-order chi connectivity index (χ0) is 61.7. The monoisotopic (exact) mass is 1310 g/mol. The molecular weight excluding hydrogens is 1250 g/mol. The summed E-state index contributed by atoms with van der Waals surface area (Å²) in [6.07, 6.45) is -14.4. The predicted octanol–water partition coefficient (Wildman–Crippen LogP) is -1.21. The average Bonchev–Trinajstić information content (AvgIpc) is 2.85. The van der Waals surface area contributed by atoms with E-state index < -0.39 is 193 Å². The van der Waals surface area contributed by atoms with Crippen LogP contribution in [0.4, 0.5) is 5.82 Å². The van der Waals surface area contributed by atoms with Crippen LogP contribution in [0.5, 0.6) is 0 Å². The number of imidazole rings is 1. The Balaban J connectivity index is 0.908. The molecule has 466 valence electrons. The summed E-state index contributed by atoms with van der Waals surface area (Å²) >= 11 is 0. The van der Waals surface area contributed by atoms with E-state index in [0.717, 1.165) is 38.6 Å². The second kappa shape index (κ2) is 25.4. The van der Waals surface area contributed by atoms with E-state index in [0.29, 0.717) is 0 Å². The Morgan fingerprint density at radius 1 is 0.553 bits per heavy atom. The minimum Gasteiger partial charge on any atom is -0.382 e. The molecule has 4 aliphatic rings. The van der Waals surface area contributed by atoms with Gasteiger partial charge in [-0.05, 0) is 20.8 Å².